The van der Waals surface area contributed by atoms with Crippen LogP contribution in [-0.2, 0) is 20.9 Å². The number of amides is 2. The van der Waals surface area contributed by atoms with Crippen LogP contribution in [0.5, 0.6) is 0 Å². The lowest BCUT2D eigenvalue weighted by Crippen LogP contribution is -2.40. The molecule has 27 heavy (non-hydrogen) atoms. The predicted octanol–water partition coefficient (Wildman–Crippen LogP) is 3.23. The summed E-state index contributed by atoms with van der Waals surface area (Å²) in [4.78, 5) is 34.5. The largest absolute Gasteiger partial charge is 0.480 e. The zero-order valence-corrected chi connectivity index (χ0v) is 15.9. The fraction of sp³-hybridized carbons (Fsp3) is 0.550. The minimum absolute atomic E-state index is 0.232. The number of aliphatic carboxylic acids is 1. The van der Waals surface area contributed by atoms with Gasteiger partial charge in [0.05, 0.1) is 0 Å². The van der Waals surface area contributed by atoms with E-state index < -0.39 is 18.1 Å². The van der Waals surface area contributed by atoms with Crippen LogP contribution in [0.2, 0.25) is 0 Å². The molecule has 3 N–H and O–H groups in total. The summed E-state index contributed by atoms with van der Waals surface area (Å²) in [6.07, 6.45) is 4.07. The summed E-state index contributed by atoms with van der Waals surface area (Å²) >= 11 is 0. The molecule has 0 aliphatic rings. The van der Waals surface area contributed by atoms with E-state index in [2.05, 4.69) is 10.6 Å². The third-order valence-electron chi connectivity index (χ3n) is 4.04. The first-order valence-electron chi connectivity index (χ1n) is 9.49. The van der Waals surface area contributed by atoms with Crippen LogP contribution in [0, 0.1) is 0 Å². The lowest BCUT2D eigenvalue weighted by atomic mass is 10.1. The molecule has 0 aliphatic heterocycles. The van der Waals surface area contributed by atoms with Gasteiger partial charge in [-0.2, -0.15) is 0 Å². The van der Waals surface area contributed by atoms with Gasteiger partial charge in [-0.15, -0.1) is 0 Å². The Kier molecular flexibility index (Phi) is 11.3. The van der Waals surface area contributed by atoms with Gasteiger partial charge in [0.2, 0.25) is 5.91 Å². The molecule has 0 saturated heterocycles. The predicted molar refractivity (Wildman–Crippen MR) is 102 cm³/mol. The second kappa shape index (κ2) is 13.6. The number of nitrogens with one attached hydrogen (secondary N) is 2. The summed E-state index contributed by atoms with van der Waals surface area (Å²) in [6.45, 7) is 2.69. The molecule has 1 aromatic carbocycles. The van der Waals surface area contributed by atoms with Crippen molar-refractivity contribution >= 4 is 18.0 Å². The van der Waals surface area contributed by atoms with Gasteiger partial charge in [0.1, 0.15) is 12.6 Å². The van der Waals surface area contributed by atoms with Crippen LogP contribution in [0.15, 0.2) is 30.3 Å². The van der Waals surface area contributed by atoms with Crippen molar-refractivity contribution in [1.29, 1.82) is 0 Å². The van der Waals surface area contributed by atoms with E-state index in [1.165, 1.54) is 0 Å². The summed E-state index contributed by atoms with van der Waals surface area (Å²) in [7, 11) is 0. The standard InChI is InChI=1S/C20H30N2O5/c1-2-3-12-17(19(24)25)22-18(23)13-8-5-9-14-21-20(26)27-15-16-10-6-4-7-11-16/h4,6-7,10-11,17H,2-3,5,8-9,12-15H2,1H3,(H,21,26)(H,22,23)(H,24,25)/t17-/m0/s1. The van der Waals surface area contributed by atoms with E-state index in [-0.39, 0.29) is 18.9 Å². The van der Waals surface area contributed by atoms with E-state index in [1.807, 2.05) is 37.3 Å². The molecular formula is C20H30N2O5. The molecule has 150 valence electrons. The molecule has 0 radical (unpaired) electrons. The topological polar surface area (TPSA) is 105 Å². The van der Waals surface area contributed by atoms with Gasteiger partial charge in [-0.25, -0.2) is 9.59 Å². The number of ether oxygens (including phenoxy) is 1. The quantitative estimate of drug-likeness (QED) is 0.457. The molecule has 7 nitrogen and oxygen atoms in total. The van der Waals surface area contributed by atoms with Crippen molar-refractivity contribution in [1.82, 2.24) is 10.6 Å². The molecule has 0 unspecified atom stereocenters. The summed E-state index contributed by atoms with van der Waals surface area (Å²) in [5.41, 5.74) is 0.928. The molecule has 2 amide bonds. The van der Waals surface area contributed by atoms with E-state index in [4.69, 9.17) is 9.84 Å². The SMILES string of the molecule is CCCC[C@H](NC(=O)CCCCCNC(=O)OCc1ccccc1)C(=O)O. The molecule has 0 aliphatic carbocycles. The van der Waals surface area contributed by atoms with Crippen LogP contribution in [0.4, 0.5) is 4.79 Å². The Hall–Kier alpha value is -2.57. The molecule has 0 bridgehead atoms. The number of carbonyl (C=O) groups excluding carboxylic acids is 2. The Morgan fingerprint density at radius 3 is 2.48 bits per heavy atom. The molecule has 0 aromatic heterocycles. The number of unbranched alkanes of at least 4 members (excludes halogenated alkanes) is 3. The molecule has 0 heterocycles. The number of rotatable bonds is 13. The Morgan fingerprint density at radius 1 is 1.07 bits per heavy atom. The maximum Gasteiger partial charge on any atom is 0.407 e. The highest BCUT2D eigenvalue weighted by Crippen LogP contribution is 2.04. The van der Waals surface area contributed by atoms with Crippen molar-refractivity contribution in [3.8, 4) is 0 Å². The van der Waals surface area contributed by atoms with Gasteiger partial charge < -0.3 is 20.5 Å². The number of carbonyl (C=O) groups is 3. The minimum Gasteiger partial charge on any atom is -0.480 e. The fourth-order valence-electron chi connectivity index (χ4n) is 2.48. The highest BCUT2D eigenvalue weighted by molar-refractivity contribution is 5.83. The normalized spacial score (nSPS) is 11.4. The average molecular weight is 378 g/mol. The Labute approximate surface area is 160 Å². The van der Waals surface area contributed by atoms with Gasteiger partial charge in [0.15, 0.2) is 0 Å². The van der Waals surface area contributed by atoms with E-state index >= 15 is 0 Å². The number of alkyl carbamates (subject to hydrolysis) is 1. The third-order valence-corrected chi connectivity index (χ3v) is 4.04. The second-order valence-corrected chi connectivity index (χ2v) is 6.40. The van der Waals surface area contributed by atoms with Gasteiger partial charge in [-0.05, 0) is 24.8 Å². The van der Waals surface area contributed by atoms with Gasteiger partial charge in [-0.1, -0.05) is 56.5 Å². The first-order chi connectivity index (χ1) is 13.0. The summed E-state index contributed by atoms with van der Waals surface area (Å²) in [5, 5.41) is 14.3. The minimum atomic E-state index is -0.991. The van der Waals surface area contributed by atoms with Crippen molar-refractivity contribution in [3.05, 3.63) is 35.9 Å². The van der Waals surface area contributed by atoms with Crippen molar-refractivity contribution in [2.45, 2.75) is 64.5 Å². The van der Waals surface area contributed by atoms with Crippen molar-refractivity contribution in [2.75, 3.05) is 6.54 Å². The van der Waals surface area contributed by atoms with Crippen molar-refractivity contribution in [3.63, 3.8) is 0 Å². The highest BCUT2D eigenvalue weighted by atomic mass is 16.5. The molecule has 1 rings (SSSR count). The summed E-state index contributed by atoms with van der Waals surface area (Å²) in [5.74, 6) is -1.23. The van der Waals surface area contributed by atoms with E-state index in [0.717, 1.165) is 31.2 Å². The molecule has 0 saturated carbocycles. The molecular weight excluding hydrogens is 348 g/mol. The number of carboxylic acid groups (broad SMARTS) is 1. The van der Waals surface area contributed by atoms with Crippen LogP contribution in [0.1, 0.15) is 57.4 Å². The van der Waals surface area contributed by atoms with Crippen LogP contribution in [0.25, 0.3) is 0 Å². The maximum absolute atomic E-state index is 11.8. The monoisotopic (exact) mass is 378 g/mol. The number of benzene rings is 1. The molecule has 0 fully saturated rings. The fourth-order valence-corrected chi connectivity index (χ4v) is 2.48. The number of hydrogen-bond acceptors (Lipinski definition) is 4. The van der Waals surface area contributed by atoms with E-state index in [9.17, 15) is 14.4 Å². The zero-order valence-electron chi connectivity index (χ0n) is 15.9. The first-order valence-corrected chi connectivity index (χ1v) is 9.49. The first kappa shape index (κ1) is 22.5. The smallest absolute Gasteiger partial charge is 0.407 e. The van der Waals surface area contributed by atoms with Crippen LogP contribution in [0.3, 0.4) is 0 Å². The second-order valence-electron chi connectivity index (χ2n) is 6.40. The summed E-state index contributed by atoms with van der Waals surface area (Å²) in [6, 6.07) is 8.63. The lowest BCUT2D eigenvalue weighted by Gasteiger charge is -2.14. The zero-order chi connectivity index (χ0) is 19.9. The van der Waals surface area contributed by atoms with Gasteiger partial charge in [0, 0.05) is 13.0 Å². The molecule has 0 spiro atoms. The van der Waals surface area contributed by atoms with Crippen molar-refractivity contribution < 1.29 is 24.2 Å². The van der Waals surface area contributed by atoms with Gasteiger partial charge in [-0.3, -0.25) is 4.79 Å². The molecule has 7 heteroatoms. The maximum atomic E-state index is 11.8. The molecule has 1 aromatic rings. The number of hydrogen-bond donors (Lipinski definition) is 3. The lowest BCUT2D eigenvalue weighted by molar-refractivity contribution is -0.142. The molecule has 1 atom stereocenters. The average Bonchev–Trinajstić information content (AvgIpc) is 2.66. The van der Waals surface area contributed by atoms with E-state index in [1.54, 1.807) is 0 Å². The Balaban J connectivity index is 2.06. The Bertz CT molecular complexity index is 577. The van der Waals surface area contributed by atoms with Crippen LogP contribution < -0.4 is 10.6 Å². The van der Waals surface area contributed by atoms with Crippen LogP contribution >= 0.6 is 0 Å². The highest BCUT2D eigenvalue weighted by Gasteiger charge is 2.18. The van der Waals surface area contributed by atoms with Gasteiger partial charge in [0.25, 0.3) is 0 Å². The Morgan fingerprint density at radius 2 is 1.81 bits per heavy atom. The van der Waals surface area contributed by atoms with E-state index in [0.29, 0.717) is 19.4 Å². The van der Waals surface area contributed by atoms with Gasteiger partial charge >= 0.3 is 12.1 Å². The van der Waals surface area contributed by atoms with Crippen molar-refractivity contribution in [2.24, 2.45) is 0 Å². The van der Waals surface area contributed by atoms with Crippen LogP contribution in [-0.4, -0.2) is 35.7 Å². The summed E-state index contributed by atoms with van der Waals surface area (Å²) < 4.78 is 5.10. The number of carboxylic acids is 1. The third kappa shape index (κ3) is 10.9.